The molecule has 0 heterocycles. The molecule has 1 unspecified atom stereocenters. The summed E-state index contributed by atoms with van der Waals surface area (Å²) < 4.78 is 31.3. The van der Waals surface area contributed by atoms with Crippen LogP contribution in [0.25, 0.3) is 0 Å². The van der Waals surface area contributed by atoms with Crippen LogP contribution in [0.1, 0.15) is 19.4 Å². The van der Waals surface area contributed by atoms with Gasteiger partial charge in [-0.05, 0) is 47.5 Å². The predicted octanol–water partition coefficient (Wildman–Crippen LogP) is 3.28. The SMILES string of the molecule is CCOc1ccc(C(C)(O)C(F)(F)Br)cc1. The number of aliphatic hydroxyl groups is 1. The summed E-state index contributed by atoms with van der Waals surface area (Å²) in [5, 5.41) is 9.71. The van der Waals surface area contributed by atoms with Crippen LogP contribution in [-0.2, 0) is 5.60 Å². The quantitative estimate of drug-likeness (QED) is 0.864. The summed E-state index contributed by atoms with van der Waals surface area (Å²) in [6.45, 7) is 3.39. The van der Waals surface area contributed by atoms with Crippen LogP contribution in [0.4, 0.5) is 8.78 Å². The maximum absolute atomic E-state index is 13.1. The highest BCUT2D eigenvalue weighted by Crippen LogP contribution is 2.42. The Bertz CT molecular complexity index is 344. The maximum Gasteiger partial charge on any atom is 0.333 e. The van der Waals surface area contributed by atoms with Gasteiger partial charge in [0.05, 0.1) is 6.61 Å². The van der Waals surface area contributed by atoms with Gasteiger partial charge in [-0.2, -0.15) is 8.78 Å². The lowest BCUT2D eigenvalue weighted by atomic mass is 9.96. The van der Waals surface area contributed by atoms with Gasteiger partial charge >= 0.3 is 4.83 Å². The zero-order valence-electron chi connectivity index (χ0n) is 9.01. The van der Waals surface area contributed by atoms with Crippen LogP contribution < -0.4 is 4.74 Å². The topological polar surface area (TPSA) is 29.5 Å². The highest BCUT2D eigenvalue weighted by atomic mass is 79.9. The molecule has 0 radical (unpaired) electrons. The molecular formula is C11H13BrF2O2. The van der Waals surface area contributed by atoms with E-state index in [1.54, 1.807) is 12.1 Å². The molecule has 0 aliphatic carbocycles. The van der Waals surface area contributed by atoms with Crippen molar-refractivity contribution >= 4 is 15.9 Å². The fraction of sp³-hybridized carbons (Fsp3) is 0.455. The molecule has 0 spiro atoms. The third-order valence-corrected chi connectivity index (χ3v) is 3.05. The zero-order valence-corrected chi connectivity index (χ0v) is 10.6. The van der Waals surface area contributed by atoms with E-state index in [0.29, 0.717) is 12.4 Å². The Kier molecular flexibility index (Phi) is 3.91. The second-order valence-corrected chi connectivity index (χ2v) is 4.52. The van der Waals surface area contributed by atoms with Crippen molar-refractivity contribution in [1.29, 1.82) is 0 Å². The van der Waals surface area contributed by atoms with E-state index in [9.17, 15) is 13.9 Å². The Balaban J connectivity index is 2.97. The predicted molar refractivity (Wildman–Crippen MR) is 61.1 cm³/mol. The molecule has 0 bridgehead atoms. The van der Waals surface area contributed by atoms with E-state index in [0.717, 1.165) is 6.92 Å². The summed E-state index contributed by atoms with van der Waals surface area (Å²) in [6.07, 6.45) is 0. The number of rotatable bonds is 4. The maximum atomic E-state index is 13.1. The van der Waals surface area contributed by atoms with Gasteiger partial charge in [-0.15, -0.1) is 0 Å². The van der Waals surface area contributed by atoms with Gasteiger partial charge in [-0.3, -0.25) is 0 Å². The Morgan fingerprint density at radius 1 is 1.31 bits per heavy atom. The van der Waals surface area contributed by atoms with Gasteiger partial charge in [0, 0.05) is 0 Å². The van der Waals surface area contributed by atoms with Crippen molar-refractivity contribution in [3.8, 4) is 5.75 Å². The third-order valence-electron chi connectivity index (χ3n) is 2.28. The molecule has 0 aromatic heterocycles. The largest absolute Gasteiger partial charge is 0.494 e. The minimum Gasteiger partial charge on any atom is -0.494 e. The van der Waals surface area contributed by atoms with E-state index in [1.165, 1.54) is 12.1 Å². The van der Waals surface area contributed by atoms with Crippen LogP contribution in [0, 0.1) is 0 Å². The molecule has 0 aliphatic heterocycles. The summed E-state index contributed by atoms with van der Waals surface area (Å²) in [6, 6.07) is 5.93. The highest BCUT2D eigenvalue weighted by Gasteiger charge is 2.47. The second kappa shape index (κ2) is 4.67. The van der Waals surface area contributed by atoms with Gasteiger partial charge in [0.25, 0.3) is 0 Å². The van der Waals surface area contributed by atoms with Gasteiger partial charge in [0.15, 0.2) is 5.60 Å². The number of hydrogen-bond donors (Lipinski definition) is 1. The summed E-state index contributed by atoms with van der Waals surface area (Å²) in [4.78, 5) is -3.38. The summed E-state index contributed by atoms with van der Waals surface area (Å²) in [5.74, 6) is 0.583. The molecular weight excluding hydrogens is 282 g/mol. The van der Waals surface area contributed by atoms with Crippen LogP contribution in [-0.4, -0.2) is 16.5 Å². The Morgan fingerprint density at radius 2 is 1.81 bits per heavy atom. The van der Waals surface area contributed by atoms with Gasteiger partial charge in [-0.1, -0.05) is 12.1 Å². The molecule has 1 aromatic rings. The summed E-state index contributed by atoms with van der Waals surface area (Å²) in [7, 11) is 0. The zero-order chi connectivity index (χ0) is 12.4. The van der Waals surface area contributed by atoms with Crippen LogP contribution in [0.5, 0.6) is 5.75 Å². The fourth-order valence-electron chi connectivity index (χ4n) is 1.21. The van der Waals surface area contributed by atoms with Crippen LogP contribution in [0.2, 0.25) is 0 Å². The smallest absolute Gasteiger partial charge is 0.333 e. The molecule has 0 saturated heterocycles. The van der Waals surface area contributed by atoms with Gasteiger partial charge in [-0.25, -0.2) is 0 Å². The van der Waals surface area contributed by atoms with E-state index < -0.39 is 10.4 Å². The molecule has 1 N–H and O–H groups in total. The third kappa shape index (κ3) is 2.71. The normalized spacial score (nSPS) is 15.6. The molecule has 16 heavy (non-hydrogen) atoms. The first-order valence-corrected chi connectivity index (χ1v) is 5.60. The lowest BCUT2D eigenvalue weighted by Crippen LogP contribution is -2.37. The van der Waals surface area contributed by atoms with Crippen LogP contribution in [0.15, 0.2) is 24.3 Å². The number of ether oxygens (including phenoxy) is 1. The Morgan fingerprint density at radius 3 is 2.19 bits per heavy atom. The van der Waals surface area contributed by atoms with Crippen molar-refractivity contribution < 1.29 is 18.6 Å². The second-order valence-electron chi connectivity index (χ2n) is 3.53. The summed E-state index contributed by atoms with van der Waals surface area (Å²) >= 11 is 2.17. The van der Waals surface area contributed by atoms with E-state index >= 15 is 0 Å². The summed E-state index contributed by atoms with van der Waals surface area (Å²) in [5.41, 5.74) is -2.13. The number of hydrogen-bond acceptors (Lipinski definition) is 2. The highest BCUT2D eigenvalue weighted by molar-refractivity contribution is 9.10. The van der Waals surface area contributed by atoms with Crippen molar-refractivity contribution in [1.82, 2.24) is 0 Å². The monoisotopic (exact) mass is 294 g/mol. The van der Waals surface area contributed by atoms with Gasteiger partial charge < -0.3 is 9.84 Å². The minimum atomic E-state index is -3.38. The number of halogens is 3. The molecule has 0 saturated carbocycles. The average molecular weight is 295 g/mol. The fourth-order valence-corrected chi connectivity index (χ4v) is 1.43. The lowest BCUT2D eigenvalue weighted by Gasteiger charge is -2.28. The molecule has 1 atom stereocenters. The van der Waals surface area contributed by atoms with Crippen LogP contribution >= 0.6 is 15.9 Å². The first kappa shape index (κ1) is 13.4. The van der Waals surface area contributed by atoms with E-state index in [2.05, 4.69) is 15.9 Å². The minimum absolute atomic E-state index is 0.123. The van der Waals surface area contributed by atoms with E-state index in [1.807, 2.05) is 6.92 Å². The van der Waals surface area contributed by atoms with Crippen molar-refractivity contribution in [2.75, 3.05) is 6.61 Å². The van der Waals surface area contributed by atoms with E-state index in [4.69, 9.17) is 4.74 Å². The van der Waals surface area contributed by atoms with Crippen molar-refractivity contribution in [2.24, 2.45) is 0 Å². The number of benzene rings is 1. The van der Waals surface area contributed by atoms with E-state index in [-0.39, 0.29) is 5.56 Å². The molecule has 90 valence electrons. The lowest BCUT2D eigenvalue weighted by molar-refractivity contribution is -0.109. The van der Waals surface area contributed by atoms with Crippen molar-refractivity contribution in [3.05, 3.63) is 29.8 Å². The van der Waals surface area contributed by atoms with Crippen LogP contribution in [0.3, 0.4) is 0 Å². The van der Waals surface area contributed by atoms with Gasteiger partial charge in [0.1, 0.15) is 5.75 Å². The molecule has 5 heteroatoms. The Labute approximate surface area is 101 Å². The molecule has 2 nitrogen and oxygen atoms in total. The van der Waals surface area contributed by atoms with Gasteiger partial charge in [0.2, 0.25) is 0 Å². The first-order valence-electron chi connectivity index (χ1n) is 4.81. The van der Waals surface area contributed by atoms with Crippen molar-refractivity contribution in [3.63, 3.8) is 0 Å². The Hall–Kier alpha value is -0.680. The van der Waals surface area contributed by atoms with Crippen molar-refractivity contribution in [2.45, 2.75) is 24.3 Å². The first-order chi connectivity index (χ1) is 7.29. The number of alkyl halides is 3. The molecule has 0 aliphatic rings. The standard InChI is InChI=1S/C11H13BrF2O2/c1-3-16-9-6-4-8(5-7-9)10(2,15)11(12,13)14/h4-7,15H,3H2,1-2H3. The molecule has 1 rings (SSSR count). The molecule has 0 fully saturated rings. The average Bonchev–Trinajstić information content (AvgIpc) is 2.17. The molecule has 0 amide bonds. The molecule has 1 aromatic carbocycles.